The maximum absolute atomic E-state index is 6.26. The molecule has 0 fully saturated rings. The molecule has 45 heavy (non-hydrogen) atoms. The minimum absolute atomic E-state index is 0.524. The van der Waals surface area contributed by atoms with E-state index in [1.54, 1.807) is 0 Å². The van der Waals surface area contributed by atoms with Crippen LogP contribution in [0.25, 0.3) is 61.0 Å². The van der Waals surface area contributed by atoms with Crippen LogP contribution in [-0.4, -0.2) is 6.61 Å². The first-order valence-corrected chi connectivity index (χ1v) is 16.0. The highest BCUT2D eigenvalue weighted by Gasteiger charge is 2.19. The Balaban J connectivity index is 1.28. The Bertz CT molecular complexity index is 2330. The van der Waals surface area contributed by atoms with Gasteiger partial charge in [-0.25, -0.2) is 0 Å². The van der Waals surface area contributed by atoms with Gasteiger partial charge in [0.1, 0.15) is 12.4 Å². The van der Waals surface area contributed by atoms with E-state index in [4.69, 9.17) is 4.74 Å². The highest BCUT2D eigenvalue weighted by atomic mass is 16.5. The zero-order valence-electron chi connectivity index (χ0n) is 25.1. The Morgan fingerprint density at radius 3 is 2.42 bits per heavy atom. The van der Waals surface area contributed by atoms with E-state index in [0.29, 0.717) is 6.61 Å². The Morgan fingerprint density at radius 2 is 1.47 bits per heavy atom. The summed E-state index contributed by atoms with van der Waals surface area (Å²) < 4.78 is 6.26. The van der Waals surface area contributed by atoms with Gasteiger partial charge in [0.25, 0.3) is 0 Å². The minimum Gasteiger partial charge on any atom is -0.489 e. The van der Waals surface area contributed by atoms with Gasteiger partial charge in [-0.15, -0.1) is 0 Å². The van der Waals surface area contributed by atoms with Crippen molar-refractivity contribution in [2.45, 2.75) is 19.3 Å². The lowest BCUT2D eigenvalue weighted by atomic mass is 9.84. The van der Waals surface area contributed by atoms with Crippen LogP contribution < -0.4 is 9.96 Å². The molecule has 0 aromatic heterocycles. The molecule has 1 nitrogen and oxygen atoms in total. The second-order valence-corrected chi connectivity index (χ2v) is 12.3. The van der Waals surface area contributed by atoms with E-state index in [1.807, 2.05) is 0 Å². The Labute approximate surface area is 263 Å². The molecule has 0 N–H and O–H groups in total. The number of aryl methyl sites for hydroxylation is 1. The number of benzene rings is 6. The van der Waals surface area contributed by atoms with E-state index in [1.165, 1.54) is 82.4 Å². The topological polar surface area (TPSA) is 9.23 Å². The fourth-order valence-corrected chi connectivity index (χ4v) is 7.52. The largest absolute Gasteiger partial charge is 0.489 e. The number of allylic oxidation sites excluding steroid dienone is 7. The Kier molecular flexibility index (Phi) is 6.16. The van der Waals surface area contributed by atoms with Crippen molar-refractivity contribution in [3.05, 3.63) is 167 Å². The minimum atomic E-state index is 0.524. The normalized spacial score (nSPS) is 17.7. The molecule has 0 atom stereocenters. The Morgan fingerprint density at radius 1 is 0.622 bits per heavy atom. The Hall–Kier alpha value is -5.40. The van der Waals surface area contributed by atoms with Gasteiger partial charge in [-0.3, -0.25) is 0 Å². The highest BCUT2D eigenvalue weighted by Crippen LogP contribution is 2.41. The highest BCUT2D eigenvalue weighted by molar-refractivity contribution is 6.16. The number of fused-ring (bicyclic) bond motifs is 4. The maximum atomic E-state index is 6.26. The quantitative estimate of drug-likeness (QED) is 0.204. The number of ether oxygens (including phenoxy) is 1. The van der Waals surface area contributed by atoms with Crippen LogP contribution in [0.1, 0.15) is 29.5 Å². The fourth-order valence-electron chi connectivity index (χ4n) is 7.52. The van der Waals surface area contributed by atoms with Gasteiger partial charge >= 0.3 is 0 Å². The number of hydrogen-bond donors (Lipinski definition) is 0. The zero-order valence-corrected chi connectivity index (χ0v) is 25.1. The van der Waals surface area contributed by atoms with Gasteiger partial charge < -0.3 is 4.74 Å². The van der Waals surface area contributed by atoms with Gasteiger partial charge in [0.15, 0.2) is 0 Å². The summed E-state index contributed by atoms with van der Waals surface area (Å²) >= 11 is 0. The van der Waals surface area contributed by atoms with Crippen molar-refractivity contribution >= 4 is 38.8 Å². The molecule has 0 saturated heterocycles. The summed E-state index contributed by atoms with van der Waals surface area (Å²) in [6, 6.07) is 40.3. The molecular weight excluding hydrogens is 544 g/mol. The average molecular weight is 577 g/mol. The van der Waals surface area contributed by atoms with E-state index in [2.05, 4.69) is 146 Å². The molecule has 6 aromatic rings. The zero-order chi connectivity index (χ0) is 29.7. The van der Waals surface area contributed by atoms with Crippen molar-refractivity contribution in [2.75, 3.05) is 6.61 Å². The maximum Gasteiger partial charge on any atom is 0.127 e. The van der Waals surface area contributed by atoms with Crippen LogP contribution in [-0.2, 0) is 6.42 Å². The molecule has 2 bridgehead atoms. The average Bonchev–Trinajstić information content (AvgIpc) is 3.11. The SMILES string of the molecule is C1=C/C2=C(c3cc(-c4ccccc4)cc(-c4ccc5ccc6c7c(ccc4c57)=CCC6)c3)/C=C\COc3ccccc3C(=C1)C2. The first kappa shape index (κ1) is 26.0. The molecule has 0 amide bonds. The van der Waals surface area contributed by atoms with Gasteiger partial charge in [-0.05, 0) is 126 Å². The van der Waals surface area contributed by atoms with Crippen LogP contribution in [0, 0.1) is 0 Å². The summed E-state index contributed by atoms with van der Waals surface area (Å²) in [5.74, 6) is 0.943. The fraction of sp³-hybridized carbons (Fsp3) is 0.0909. The second-order valence-electron chi connectivity index (χ2n) is 12.3. The van der Waals surface area contributed by atoms with Crippen molar-refractivity contribution in [1.29, 1.82) is 0 Å². The summed E-state index contributed by atoms with van der Waals surface area (Å²) in [6.45, 7) is 0.524. The molecule has 6 aromatic carbocycles. The van der Waals surface area contributed by atoms with E-state index >= 15 is 0 Å². The van der Waals surface area contributed by atoms with Crippen molar-refractivity contribution < 1.29 is 4.74 Å². The summed E-state index contributed by atoms with van der Waals surface area (Å²) in [5.41, 5.74) is 12.7. The molecule has 1 heterocycles. The molecule has 2 aliphatic carbocycles. The van der Waals surface area contributed by atoms with Gasteiger partial charge in [0, 0.05) is 5.56 Å². The van der Waals surface area contributed by atoms with E-state index < -0.39 is 0 Å². The van der Waals surface area contributed by atoms with Gasteiger partial charge in [-0.2, -0.15) is 0 Å². The molecular formula is C44H32O. The van der Waals surface area contributed by atoms with Crippen molar-refractivity contribution in [3.8, 4) is 28.0 Å². The van der Waals surface area contributed by atoms with Gasteiger partial charge in [-0.1, -0.05) is 115 Å². The van der Waals surface area contributed by atoms with Crippen molar-refractivity contribution in [2.24, 2.45) is 0 Å². The summed E-state index contributed by atoms with van der Waals surface area (Å²) in [6.07, 6.45) is 16.6. The monoisotopic (exact) mass is 576 g/mol. The van der Waals surface area contributed by atoms with E-state index in [0.717, 1.165) is 25.0 Å². The molecule has 0 radical (unpaired) electrons. The van der Waals surface area contributed by atoms with Crippen LogP contribution in [0.15, 0.2) is 145 Å². The standard InChI is InChI=1S/C44H32O/c1-2-9-29(10-3-1)35-26-36(38-16-8-24-45-42-17-5-4-15-40(42)34-14-7-13-33(38)25-34)28-37(27-35)39-22-20-32-19-18-30-11-6-12-31-21-23-41(39)44(32)43(30)31/h1-5,7-10,12-23,26-28H,6,11,24-25H2/b16-8-,38-33+. The van der Waals surface area contributed by atoms with Crippen molar-refractivity contribution in [3.63, 3.8) is 0 Å². The molecule has 0 unspecified atom stereocenters. The van der Waals surface area contributed by atoms with Crippen LogP contribution in [0.3, 0.4) is 0 Å². The first-order chi connectivity index (χ1) is 22.3. The molecule has 0 spiro atoms. The van der Waals surface area contributed by atoms with Crippen LogP contribution >= 0.6 is 0 Å². The third kappa shape index (κ3) is 4.47. The number of hydrogen-bond acceptors (Lipinski definition) is 1. The third-order valence-electron chi connectivity index (χ3n) is 9.65. The van der Waals surface area contributed by atoms with Crippen LogP contribution in [0.4, 0.5) is 0 Å². The lowest BCUT2D eigenvalue weighted by molar-refractivity contribution is 0.361. The van der Waals surface area contributed by atoms with Gasteiger partial charge in [0.2, 0.25) is 0 Å². The smallest absolute Gasteiger partial charge is 0.127 e. The molecule has 0 saturated carbocycles. The molecule has 214 valence electrons. The van der Waals surface area contributed by atoms with E-state index in [9.17, 15) is 0 Å². The van der Waals surface area contributed by atoms with Gasteiger partial charge in [0.05, 0.1) is 0 Å². The lowest BCUT2D eigenvalue weighted by Gasteiger charge is -2.21. The molecule has 9 rings (SSSR count). The molecule has 1 aliphatic heterocycles. The second kappa shape index (κ2) is 10.6. The number of rotatable bonds is 3. The lowest BCUT2D eigenvalue weighted by Crippen LogP contribution is -2.10. The summed E-state index contributed by atoms with van der Waals surface area (Å²) in [7, 11) is 0. The summed E-state index contributed by atoms with van der Waals surface area (Å²) in [4.78, 5) is 0. The van der Waals surface area contributed by atoms with Crippen LogP contribution in [0.2, 0.25) is 0 Å². The van der Waals surface area contributed by atoms with E-state index in [-0.39, 0.29) is 0 Å². The predicted molar refractivity (Wildman–Crippen MR) is 190 cm³/mol. The third-order valence-corrected chi connectivity index (χ3v) is 9.65. The van der Waals surface area contributed by atoms with Crippen molar-refractivity contribution in [1.82, 2.24) is 0 Å². The first-order valence-electron chi connectivity index (χ1n) is 16.0. The molecule has 1 heteroatoms. The predicted octanol–water partition coefficient (Wildman–Crippen LogP) is 10.5. The molecule has 3 aliphatic rings. The summed E-state index contributed by atoms with van der Waals surface area (Å²) in [5, 5.41) is 6.85. The van der Waals surface area contributed by atoms with Crippen LogP contribution in [0.5, 0.6) is 5.75 Å². The number of para-hydroxylation sites is 1.